The third-order valence-electron chi connectivity index (χ3n) is 4.93. The first-order chi connectivity index (χ1) is 9.33. The van der Waals surface area contributed by atoms with Gasteiger partial charge >= 0.3 is 0 Å². The Hall–Kier alpha value is -0.860. The molecule has 0 amide bonds. The summed E-state index contributed by atoms with van der Waals surface area (Å²) in [5, 5.41) is 9.91. The summed E-state index contributed by atoms with van der Waals surface area (Å²) >= 11 is 0. The fraction of sp³-hybridized carbons (Fsp3) is 0.647. The Balaban J connectivity index is 1.35. The molecule has 1 heterocycles. The summed E-state index contributed by atoms with van der Waals surface area (Å²) in [6.45, 7) is 3.58. The van der Waals surface area contributed by atoms with E-state index in [-0.39, 0.29) is 6.10 Å². The second-order valence-corrected chi connectivity index (χ2v) is 6.27. The van der Waals surface area contributed by atoms with Crippen LogP contribution in [0.1, 0.15) is 31.2 Å². The Morgan fingerprint density at radius 1 is 1.05 bits per heavy atom. The minimum absolute atomic E-state index is 0.0145. The van der Waals surface area contributed by atoms with Gasteiger partial charge in [-0.1, -0.05) is 30.3 Å². The maximum absolute atomic E-state index is 9.91. The van der Waals surface area contributed by atoms with Crippen LogP contribution >= 0.6 is 0 Å². The number of fused-ring (bicyclic) bond motifs is 1. The molecule has 0 aromatic heterocycles. The minimum Gasteiger partial charge on any atom is -0.393 e. The largest absolute Gasteiger partial charge is 0.393 e. The third kappa shape index (κ3) is 3.18. The Morgan fingerprint density at radius 3 is 2.68 bits per heavy atom. The lowest BCUT2D eigenvalue weighted by molar-refractivity contribution is 0.124. The average molecular weight is 259 g/mol. The highest BCUT2D eigenvalue weighted by Crippen LogP contribution is 2.37. The van der Waals surface area contributed by atoms with Crippen molar-refractivity contribution in [2.24, 2.45) is 11.8 Å². The van der Waals surface area contributed by atoms with Crippen LogP contribution in [-0.4, -0.2) is 35.7 Å². The van der Waals surface area contributed by atoms with E-state index in [1.54, 1.807) is 0 Å². The van der Waals surface area contributed by atoms with Crippen molar-refractivity contribution in [2.45, 2.75) is 38.2 Å². The zero-order chi connectivity index (χ0) is 13.1. The number of rotatable bonds is 5. The summed E-state index contributed by atoms with van der Waals surface area (Å²) in [4.78, 5) is 2.57. The van der Waals surface area contributed by atoms with E-state index < -0.39 is 0 Å². The summed E-state index contributed by atoms with van der Waals surface area (Å²) in [7, 11) is 0. The van der Waals surface area contributed by atoms with Crippen LogP contribution in [0.2, 0.25) is 0 Å². The molecule has 1 aromatic carbocycles. The molecule has 0 radical (unpaired) electrons. The van der Waals surface area contributed by atoms with Gasteiger partial charge in [0.15, 0.2) is 0 Å². The average Bonchev–Trinajstić information content (AvgIpc) is 2.99. The van der Waals surface area contributed by atoms with Crippen LogP contribution in [0.5, 0.6) is 0 Å². The lowest BCUT2D eigenvalue weighted by Crippen LogP contribution is -2.25. The molecular weight excluding hydrogens is 234 g/mol. The fourth-order valence-electron chi connectivity index (χ4n) is 3.82. The van der Waals surface area contributed by atoms with Crippen molar-refractivity contribution in [3.05, 3.63) is 35.9 Å². The third-order valence-corrected chi connectivity index (χ3v) is 4.93. The van der Waals surface area contributed by atoms with E-state index in [0.29, 0.717) is 5.92 Å². The van der Waals surface area contributed by atoms with Gasteiger partial charge in [-0.3, -0.25) is 0 Å². The molecule has 0 spiro atoms. The molecule has 2 heteroatoms. The molecule has 1 saturated carbocycles. The Morgan fingerprint density at radius 2 is 1.89 bits per heavy atom. The highest BCUT2D eigenvalue weighted by molar-refractivity contribution is 5.14. The predicted octanol–water partition coefficient (Wildman–Crippen LogP) is 2.71. The quantitative estimate of drug-likeness (QED) is 0.822. The number of hydrogen-bond donors (Lipinski definition) is 1. The van der Waals surface area contributed by atoms with Gasteiger partial charge in [0, 0.05) is 19.0 Å². The maximum atomic E-state index is 9.91. The van der Waals surface area contributed by atoms with Crippen molar-refractivity contribution >= 4 is 0 Å². The minimum atomic E-state index is -0.0145. The lowest BCUT2D eigenvalue weighted by Gasteiger charge is -2.17. The molecule has 19 heavy (non-hydrogen) atoms. The first-order valence-electron chi connectivity index (χ1n) is 7.77. The van der Waals surface area contributed by atoms with E-state index in [1.165, 1.54) is 44.3 Å². The topological polar surface area (TPSA) is 23.5 Å². The van der Waals surface area contributed by atoms with Crippen molar-refractivity contribution < 1.29 is 5.11 Å². The molecule has 3 rings (SSSR count). The monoisotopic (exact) mass is 259 g/mol. The number of unbranched alkanes of at least 4 members (excludes halogenated alkanes) is 1. The zero-order valence-electron chi connectivity index (χ0n) is 11.7. The van der Waals surface area contributed by atoms with Gasteiger partial charge in [0.1, 0.15) is 0 Å². The second-order valence-electron chi connectivity index (χ2n) is 6.27. The SMILES string of the molecule is OC1CCC2CN(CCCCc3ccccc3)CC12. The van der Waals surface area contributed by atoms with E-state index in [2.05, 4.69) is 35.2 Å². The van der Waals surface area contributed by atoms with Crippen LogP contribution in [-0.2, 0) is 6.42 Å². The standard InChI is InChI=1S/C17H25NO/c19-17-10-9-15-12-18(13-16(15)17)11-5-4-8-14-6-2-1-3-7-14/h1-3,6-7,15-17,19H,4-5,8-13H2. The molecular formula is C17H25NO. The number of nitrogens with zero attached hydrogens (tertiary/aromatic N) is 1. The highest BCUT2D eigenvalue weighted by atomic mass is 16.3. The molecule has 2 fully saturated rings. The van der Waals surface area contributed by atoms with E-state index in [0.717, 1.165) is 18.9 Å². The van der Waals surface area contributed by atoms with E-state index in [4.69, 9.17) is 0 Å². The van der Waals surface area contributed by atoms with Crippen LogP contribution in [0.15, 0.2) is 30.3 Å². The van der Waals surface area contributed by atoms with E-state index in [1.807, 2.05) is 0 Å². The van der Waals surface area contributed by atoms with Gasteiger partial charge < -0.3 is 10.0 Å². The highest BCUT2D eigenvalue weighted by Gasteiger charge is 2.41. The second kappa shape index (κ2) is 6.06. The molecule has 1 aliphatic carbocycles. The van der Waals surface area contributed by atoms with Gasteiger partial charge in [0.05, 0.1) is 6.10 Å². The summed E-state index contributed by atoms with van der Waals surface area (Å²) in [6, 6.07) is 10.8. The molecule has 2 aliphatic rings. The number of benzene rings is 1. The van der Waals surface area contributed by atoms with Crippen LogP contribution in [0.25, 0.3) is 0 Å². The number of aryl methyl sites for hydroxylation is 1. The summed E-state index contributed by atoms with van der Waals surface area (Å²) in [5.74, 6) is 1.36. The smallest absolute Gasteiger partial charge is 0.0583 e. The van der Waals surface area contributed by atoms with Crippen LogP contribution < -0.4 is 0 Å². The molecule has 1 saturated heterocycles. The molecule has 1 aliphatic heterocycles. The number of aliphatic hydroxyl groups is 1. The van der Waals surface area contributed by atoms with Gasteiger partial charge in [-0.15, -0.1) is 0 Å². The van der Waals surface area contributed by atoms with Crippen molar-refractivity contribution in [2.75, 3.05) is 19.6 Å². The Bertz CT molecular complexity index is 392. The van der Waals surface area contributed by atoms with Crippen molar-refractivity contribution in [1.29, 1.82) is 0 Å². The van der Waals surface area contributed by atoms with Crippen molar-refractivity contribution in [3.63, 3.8) is 0 Å². The van der Waals surface area contributed by atoms with Crippen molar-refractivity contribution in [1.82, 2.24) is 4.90 Å². The van der Waals surface area contributed by atoms with Crippen molar-refractivity contribution in [3.8, 4) is 0 Å². The molecule has 1 N–H and O–H groups in total. The molecule has 104 valence electrons. The first-order valence-corrected chi connectivity index (χ1v) is 7.77. The van der Waals surface area contributed by atoms with Gasteiger partial charge in [0.2, 0.25) is 0 Å². The first kappa shape index (κ1) is 13.1. The molecule has 2 nitrogen and oxygen atoms in total. The number of aliphatic hydroxyl groups excluding tert-OH is 1. The summed E-state index contributed by atoms with van der Waals surface area (Å²) < 4.78 is 0. The Labute approximate surface area is 116 Å². The summed E-state index contributed by atoms with van der Waals surface area (Å²) in [5.41, 5.74) is 1.45. The molecule has 3 unspecified atom stereocenters. The van der Waals surface area contributed by atoms with Crippen LogP contribution in [0, 0.1) is 11.8 Å². The van der Waals surface area contributed by atoms with Gasteiger partial charge in [-0.25, -0.2) is 0 Å². The van der Waals surface area contributed by atoms with Gasteiger partial charge in [0.25, 0.3) is 0 Å². The number of hydrogen-bond acceptors (Lipinski definition) is 2. The molecule has 1 aromatic rings. The van der Waals surface area contributed by atoms with Crippen LogP contribution in [0.4, 0.5) is 0 Å². The molecule has 0 bridgehead atoms. The lowest BCUT2D eigenvalue weighted by atomic mass is 10.00. The normalized spacial score (nSPS) is 30.7. The Kier molecular flexibility index (Phi) is 4.19. The maximum Gasteiger partial charge on any atom is 0.0583 e. The van der Waals surface area contributed by atoms with E-state index in [9.17, 15) is 5.11 Å². The summed E-state index contributed by atoms with van der Waals surface area (Å²) in [6.07, 6.45) is 6.02. The van der Waals surface area contributed by atoms with Crippen LogP contribution in [0.3, 0.4) is 0 Å². The fourth-order valence-corrected chi connectivity index (χ4v) is 3.82. The predicted molar refractivity (Wildman–Crippen MR) is 78.0 cm³/mol. The number of likely N-dealkylation sites (tertiary alicyclic amines) is 1. The zero-order valence-corrected chi connectivity index (χ0v) is 11.7. The molecule has 3 atom stereocenters. The van der Waals surface area contributed by atoms with E-state index >= 15 is 0 Å². The van der Waals surface area contributed by atoms with Gasteiger partial charge in [-0.05, 0) is 50.1 Å². The van der Waals surface area contributed by atoms with Gasteiger partial charge in [-0.2, -0.15) is 0 Å².